The van der Waals surface area contributed by atoms with Crippen LogP contribution in [0.1, 0.15) is 23.1 Å². The molecule has 1 heterocycles. The molecule has 0 radical (unpaired) electrons. The number of nitrogens with one attached hydrogen (secondary N) is 1. The van der Waals surface area contributed by atoms with Crippen LogP contribution in [0.5, 0.6) is 0 Å². The van der Waals surface area contributed by atoms with E-state index >= 15 is 0 Å². The molecule has 1 unspecified atom stereocenters. The lowest BCUT2D eigenvalue weighted by atomic mass is 9.78. The van der Waals surface area contributed by atoms with Gasteiger partial charge in [0.15, 0.2) is 0 Å². The standard InChI is InChI=1S/C17H27NO2/c1-14-5-4-6-15(2)16(14)11-17(7-9-20-13-17)12-18-8-10-19-3/h4-6,18H,7-13H2,1-3H3. The summed E-state index contributed by atoms with van der Waals surface area (Å²) in [4.78, 5) is 0. The van der Waals surface area contributed by atoms with E-state index < -0.39 is 0 Å². The normalized spacial score (nSPS) is 22.4. The summed E-state index contributed by atoms with van der Waals surface area (Å²) in [6.45, 7) is 8.85. The molecule has 20 heavy (non-hydrogen) atoms. The Hall–Kier alpha value is -0.900. The lowest BCUT2D eigenvalue weighted by Crippen LogP contribution is -2.38. The van der Waals surface area contributed by atoms with Gasteiger partial charge in [0.1, 0.15) is 0 Å². The van der Waals surface area contributed by atoms with Crippen molar-refractivity contribution in [3.8, 4) is 0 Å². The van der Waals surface area contributed by atoms with Crippen molar-refractivity contribution in [3.63, 3.8) is 0 Å². The second-order valence-corrected chi connectivity index (χ2v) is 6.02. The van der Waals surface area contributed by atoms with Gasteiger partial charge in [-0.1, -0.05) is 18.2 Å². The number of ether oxygens (including phenoxy) is 2. The van der Waals surface area contributed by atoms with Gasteiger partial charge < -0.3 is 14.8 Å². The molecule has 1 aliphatic rings. The van der Waals surface area contributed by atoms with Crippen LogP contribution < -0.4 is 5.32 Å². The van der Waals surface area contributed by atoms with Gasteiger partial charge in [-0.2, -0.15) is 0 Å². The minimum Gasteiger partial charge on any atom is -0.383 e. The minimum absolute atomic E-state index is 0.241. The van der Waals surface area contributed by atoms with E-state index in [2.05, 4.69) is 37.4 Å². The van der Waals surface area contributed by atoms with Crippen LogP contribution in [-0.4, -0.2) is 40.0 Å². The maximum atomic E-state index is 5.70. The number of methoxy groups -OCH3 is 1. The predicted molar refractivity (Wildman–Crippen MR) is 82.2 cm³/mol. The molecule has 3 nitrogen and oxygen atoms in total. The fourth-order valence-corrected chi connectivity index (χ4v) is 3.02. The van der Waals surface area contributed by atoms with Crippen LogP contribution in [0.25, 0.3) is 0 Å². The summed E-state index contributed by atoms with van der Waals surface area (Å²) in [5.41, 5.74) is 4.53. The topological polar surface area (TPSA) is 30.5 Å². The first-order chi connectivity index (χ1) is 9.67. The van der Waals surface area contributed by atoms with Gasteiger partial charge in [-0.05, 0) is 43.4 Å². The summed E-state index contributed by atoms with van der Waals surface area (Å²) in [6, 6.07) is 6.57. The molecule has 0 aromatic heterocycles. The van der Waals surface area contributed by atoms with Crippen LogP contribution in [0, 0.1) is 19.3 Å². The molecule has 1 N–H and O–H groups in total. The Labute approximate surface area is 122 Å². The first-order valence-corrected chi connectivity index (χ1v) is 7.49. The van der Waals surface area contributed by atoms with Gasteiger partial charge in [-0.15, -0.1) is 0 Å². The molecular weight excluding hydrogens is 250 g/mol. The molecule has 1 aliphatic heterocycles. The first kappa shape index (κ1) is 15.5. The van der Waals surface area contributed by atoms with Gasteiger partial charge in [-0.25, -0.2) is 0 Å². The zero-order valence-electron chi connectivity index (χ0n) is 13.0. The summed E-state index contributed by atoms with van der Waals surface area (Å²) in [6.07, 6.45) is 2.24. The molecule has 1 saturated heterocycles. The molecule has 1 aromatic rings. The van der Waals surface area contributed by atoms with Crippen molar-refractivity contribution >= 4 is 0 Å². The fourth-order valence-electron chi connectivity index (χ4n) is 3.02. The molecule has 0 amide bonds. The highest BCUT2D eigenvalue weighted by Crippen LogP contribution is 2.34. The predicted octanol–water partition coefficient (Wildman–Crippen LogP) is 2.49. The largest absolute Gasteiger partial charge is 0.383 e. The zero-order chi connectivity index (χ0) is 14.4. The van der Waals surface area contributed by atoms with Crippen LogP contribution in [0.2, 0.25) is 0 Å². The monoisotopic (exact) mass is 277 g/mol. The first-order valence-electron chi connectivity index (χ1n) is 7.49. The highest BCUT2D eigenvalue weighted by Gasteiger charge is 2.35. The number of hydrogen-bond donors (Lipinski definition) is 1. The van der Waals surface area contributed by atoms with Crippen LogP contribution >= 0.6 is 0 Å². The molecule has 2 rings (SSSR count). The molecule has 112 valence electrons. The third-order valence-corrected chi connectivity index (χ3v) is 4.36. The Morgan fingerprint density at radius 3 is 2.65 bits per heavy atom. The third-order valence-electron chi connectivity index (χ3n) is 4.36. The second-order valence-electron chi connectivity index (χ2n) is 6.02. The molecule has 1 fully saturated rings. The number of benzene rings is 1. The Balaban J connectivity index is 2.05. The van der Waals surface area contributed by atoms with Crippen molar-refractivity contribution in [1.82, 2.24) is 5.32 Å². The van der Waals surface area contributed by atoms with E-state index in [1.54, 1.807) is 7.11 Å². The van der Waals surface area contributed by atoms with E-state index in [1.165, 1.54) is 16.7 Å². The van der Waals surface area contributed by atoms with E-state index in [9.17, 15) is 0 Å². The van der Waals surface area contributed by atoms with Crippen LogP contribution in [-0.2, 0) is 15.9 Å². The van der Waals surface area contributed by atoms with Crippen molar-refractivity contribution in [1.29, 1.82) is 0 Å². The van der Waals surface area contributed by atoms with Gasteiger partial charge in [0.25, 0.3) is 0 Å². The minimum atomic E-state index is 0.241. The summed E-state index contributed by atoms with van der Waals surface area (Å²) in [5.74, 6) is 0. The molecule has 0 saturated carbocycles. The highest BCUT2D eigenvalue weighted by molar-refractivity contribution is 5.34. The highest BCUT2D eigenvalue weighted by atomic mass is 16.5. The summed E-state index contributed by atoms with van der Waals surface area (Å²) < 4.78 is 10.8. The van der Waals surface area contributed by atoms with E-state index in [-0.39, 0.29) is 5.41 Å². The molecule has 3 heteroatoms. The SMILES string of the molecule is COCCNCC1(Cc2c(C)cccc2C)CCOC1. The van der Waals surface area contributed by atoms with Gasteiger partial charge in [-0.3, -0.25) is 0 Å². The zero-order valence-corrected chi connectivity index (χ0v) is 13.0. The van der Waals surface area contributed by atoms with Crippen molar-refractivity contribution in [2.75, 3.05) is 40.0 Å². The van der Waals surface area contributed by atoms with Gasteiger partial charge in [0.05, 0.1) is 13.2 Å². The summed E-state index contributed by atoms with van der Waals surface area (Å²) >= 11 is 0. The molecule has 1 aromatic carbocycles. The van der Waals surface area contributed by atoms with E-state index in [4.69, 9.17) is 9.47 Å². The van der Waals surface area contributed by atoms with Gasteiger partial charge >= 0.3 is 0 Å². The van der Waals surface area contributed by atoms with E-state index in [1.807, 2.05) is 0 Å². The van der Waals surface area contributed by atoms with E-state index in [0.717, 1.165) is 45.8 Å². The quantitative estimate of drug-likeness (QED) is 0.777. The Bertz CT molecular complexity index is 405. The summed E-state index contributed by atoms with van der Waals surface area (Å²) in [7, 11) is 1.74. The smallest absolute Gasteiger partial charge is 0.0587 e. The van der Waals surface area contributed by atoms with Gasteiger partial charge in [0, 0.05) is 32.2 Å². The Kier molecular flexibility index (Phi) is 5.58. The number of rotatable bonds is 7. The van der Waals surface area contributed by atoms with E-state index in [0.29, 0.717) is 0 Å². The molecule has 0 aliphatic carbocycles. The van der Waals surface area contributed by atoms with Gasteiger partial charge in [0.2, 0.25) is 0 Å². The number of aryl methyl sites for hydroxylation is 2. The average Bonchev–Trinajstić information content (AvgIpc) is 2.89. The van der Waals surface area contributed by atoms with Crippen LogP contribution in [0.3, 0.4) is 0 Å². The Morgan fingerprint density at radius 1 is 1.30 bits per heavy atom. The average molecular weight is 277 g/mol. The summed E-state index contributed by atoms with van der Waals surface area (Å²) in [5, 5.41) is 3.52. The lowest BCUT2D eigenvalue weighted by molar-refractivity contribution is 0.144. The third kappa shape index (κ3) is 3.81. The number of hydrogen-bond acceptors (Lipinski definition) is 3. The molecule has 1 atom stereocenters. The van der Waals surface area contributed by atoms with Crippen molar-refractivity contribution in [2.45, 2.75) is 26.7 Å². The Morgan fingerprint density at radius 2 is 2.05 bits per heavy atom. The van der Waals surface area contributed by atoms with Crippen LogP contribution in [0.15, 0.2) is 18.2 Å². The molecule has 0 bridgehead atoms. The van der Waals surface area contributed by atoms with Crippen LogP contribution in [0.4, 0.5) is 0 Å². The maximum absolute atomic E-state index is 5.70. The fraction of sp³-hybridized carbons (Fsp3) is 0.647. The van der Waals surface area contributed by atoms with Crippen molar-refractivity contribution in [3.05, 3.63) is 34.9 Å². The lowest BCUT2D eigenvalue weighted by Gasteiger charge is -2.29. The molecular formula is C17H27NO2. The van der Waals surface area contributed by atoms with Crippen molar-refractivity contribution in [2.24, 2.45) is 5.41 Å². The maximum Gasteiger partial charge on any atom is 0.0587 e. The van der Waals surface area contributed by atoms with Crippen molar-refractivity contribution < 1.29 is 9.47 Å². The molecule has 0 spiro atoms. The second kappa shape index (κ2) is 7.21.